The molecule has 0 bridgehead atoms. The lowest BCUT2D eigenvalue weighted by Crippen LogP contribution is -2.16. The molecule has 0 aliphatic rings. The number of nitrogens with zero attached hydrogens (tertiary/aromatic N) is 3. The first-order valence-corrected chi connectivity index (χ1v) is 5.72. The van der Waals surface area contributed by atoms with Gasteiger partial charge in [0.15, 0.2) is 0 Å². The molecule has 0 unspecified atom stereocenters. The summed E-state index contributed by atoms with van der Waals surface area (Å²) in [6.07, 6.45) is 3.85. The number of pyridine rings is 1. The minimum atomic E-state index is -0.714. The van der Waals surface area contributed by atoms with E-state index >= 15 is 0 Å². The van der Waals surface area contributed by atoms with Gasteiger partial charge in [-0.05, 0) is 19.1 Å². The van der Waals surface area contributed by atoms with Gasteiger partial charge in [0.05, 0.1) is 11.5 Å². The van der Waals surface area contributed by atoms with E-state index in [1.165, 1.54) is 29.3 Å². The predicted molar refractivity (Wildman–Crippen MR) is 72.8 cm³/mol. The van der Waals surface area contributed by atoms with Crippen molar-refractivity contribution in [1.29, 1.82) is 5.41 Å². The molecule has 1 N–H and O–H groups in total. The van der Waals surface area contributed by atoms with Crippen LogP contribution in [-0.2, 0) is 9.53 Å². The second kappa shape index (κ2) is 6.98. The highest BCUT2D eigenvalue weighted by Crippen LogP contribution is 2.14. The topological polar surface area (TPSA) is 109 Å². The van der Waals surface area contributed by atoms with Crippen molar-refractivity contribution in [1.82, 2.24) is 4.98 Å². The van der Waals surface area contributed by atoms with Crippen LogP contribution in [0.2, 0.25) is 0 Å². The van der Waals surface area contributed by atoms with Crippen LogP contribution in [0.15, 0.2) is 30.6 Å². The Morgan fingerprint density at radius 3 is 2.80 bits per heavy atom. The lowest BCUT2D eigenvalue weighted by atomic mass is 10.3. The van der Waals surface area contributed by atoms with E-state index in [-0.39, 0.29) is 18.0 Å². The van der Waals surface area contributed by atoms with Crippen LogP contribution in [0.4, 0.5) is 11.5 Å². The maximum absolute atomic E-state index is 11.2. The number of carbonyl (C=O) groups excluding carboxylic acids is 1. The van der Waals surface area contributed by atoms with Crippen molar-refractivity contribution in [3.63, 3.8) is 0 Å². The predicted octanol–water partition coefficient (Wildman–Crippen LogP) is 1.52. The number of nitro groups is 1. The Morgan fingerprint density at radius 2 is 2.30 bits per heavy atom. The zero-order valence-corrected chi connectivity index (χ0v) is 11.1. The van der Waals surface area contributed by atoms with Crippen LogP contribution < -0.4 is 4.90 Å². The molecule has 0 fully saturated rings. The Morgan fingerprint density at radius 1 is 1.60 bits per heavy atom. The van der Waals surface area contributed by atoms with Crippen molar-refractivity contribution < 1.29 is 14.5 Å². The highest BCUT2D eigenvalue weighted by atomic mass is 16.6. The zero-order chi connectivity index (χ0) is 15.1. The maximum atomic E-state index is 11.2. The lowest BCUT2D eigenvalue weighted by Gasteiger charge is -2.12. The molecule has 1 heterocycles. The lowest BCUT2D eigenvalue weighted by molar-refractivity contribution is -0.385. The van der Waals surface area contributed by atoms with Crippen LogP contribution in [0.25, 0.3) is 0 Å². The fourth-order valence-corrected chi connectivity index (χ4v) is 1.23. The number of carbonyl (C=O) groups is 1. The van der Waals surface area contributed by atoms with Gasteiger partial charge in [-0.1, -0.05) is 0 Å². The molecule has 0 atom stereocenters. The van der Waals surface area contributed by atoms with E-state index in [4.69, 9.17) is 5.41 Å². The van der Waals surface area contributed by atoms with Crippen molar-refractivity contribution in [2.75, 3.05) is 18.6 Å². The number of aromatic nitrogens is 1. The standard InChI is InChI=1S/C12H14N4O4/c1-3-20-12(17)10(13)6-7-15(2)11-5-4-9(8-14-11)16(18)19/h4-8,13H,3H2,1-2H3/b7-6-,13-10?. The summed E-state index contributed by atoms with van der Waals surface area (Å²) in [5.41, 5.74) is -0.397. The average molecular weight is 278 g/mol. The molecule has 1 rings (SSSR count). The number of anilines is 1. The molecule has 0 amide bonds. The molecule has 0 saturated heterocycles. The van der Waals surface area contributed by atoms with Gasteiger partial charge in [0.2, 0.25) is 0 Å². The molecule has 0 aliphatic heterocycles. The van der Waals surface area contributed by atoms with Gasteiger partial charge in [-0.25, -0.2) is 9.78 Å². The summed E-state index contributed by atoms with van der Waals surface area (Å²) in [4.78, 5) is 26.6. The van der Waals surface area contributed by atoms with E-state index in [0.717, 1.165) is 6.20 Å². The molecular weight excluding hydrogens is 264 g/mol. The Balaban J connectivity index is 2.70. The third kappa shape index (κ3) is 4.16. The zero-order valence-electron chi connectivity index (χ0n) is 11.1. The molecule has 106 valence electrons. The van der Waals surface area contributed by atoms with Crippen LogP contribution in [0.5, 0.6) is 0 Å². The fourth-order valence-electron chi connectivity index (χ4n) is 1.23. The number of hydrogen-bond acceptors (Lipinski definition) is 7. The second-order valence-electron chi connectivity index (χ2n) is 3.69. The van der Waals surface area contributed by atoms with E-state index in [2.05, 4.69) is 9.72 Å². The largest absolute Gasteiger partial charge is 0.461 e. The molecule has 1 aromatic heterocycles. The minimum absolute atomic E-state index is 0.106. The van der Waals surface area contributed by atoms with Crippen LogP contribution in [0.3, 0.4) is 0 Å². The molecular formula is C12H14N4O4. The highest BCUT2D eigenvalue weighted by Gasteiger charge is 2.08. The van der Waals surface area contributed by atoms with Gasteiger partial charge in [0.25, 0.3) is 5.69 Å². The van der Waals surface area contributed by atoms with Crippen LogP contribution in [-0.4, -0.2) is 35.2 Å². The number of esters is 1. The Bertz CT molecular complexity index is 539. The Hall–Kier alpha value is -2.77. The molecule has 8 heteroatoms. The number of rotatable bonds is 6. The first kappa shape index (κ1) is 15.3. The van der Waals surface area contributed by atoms with Gasteiger partial charge < -0.3 is 9.64 Å². The normalized spacial score (nSPS) is 10.3. The first-order chi connectivity index (χ1) is 9.45. The molecule has 8 nitrogen and oxygen atoms in total. The molecule has 0 aromatic carbocycles. The van der Waals surface area contributed by atoms with Gasteiger partial charge in [-0.2, -0.15) is 0 Å². The molecule has 0 saturated carbocycles. The quantitative estimate of drug-likeness (QED) is 0.365. The van der Waals surface area contributed by atoms with Crippen molar-refractivity contribution in [3.8, 4) is 0 Å². The van der Waals surface area contributed by atoms with Crippen LogP contribution in [0, 0.1) is 15.5 Å². The third-order valence-electron chi connectivity index (χ3n) is 2.26. The summed E-state index contributed by atoms with van der Waals surface area (Å²) >= 11 is 0. The van der Waals surface area contributed by atoms with E-state index in [0.29, 0.717) is 5.82 Å². The highest BCUT2D eigenvalue weighted by molar-refractivity contribution is 6.39. The van der Waals surface area contributed by atoms with Gasteiger partial charge in [0, 0.05) is 19.3 Å². The smallest absolute Gasteiger partial charge is 0.356 e. The van der Waals surface area contributed by atoms with Crippen molar-refractivity contribution >= 4 is 23.2 Å². The summed E-state index contributed by atoms with van der Waals surface area (Å²) in [7, 11) is 1.64. The summed E-state index contributed by atoms with van der Waals surface area (Å²) < 4.78 is 4.66. The van der Waals surface area contributed by atoms with Crippen LogP contribution in [0.1, 0.15) is 6.92 Å². The van der Waals surface area contributed by atoms with E-state index in [9.17, 15) is 14.9 Å². The molecule has 0 spiro atoms. The SMILES string of the molecule is CCOC(=O)C(=N)/C=C\N(C)c1ccc([N+](=O)[O-])cn1. The fraction of sp³-hybridized carbons (Fsp3) is 0.250. The van der Waals surface area contributed by atoms with Crippen molar-refractivity contribution in [3.05, 3.63) is 40.7 Å². The van der Waals surface area contributed by atoms with Crippen LogP contribution >= 0.6 is 0 Å². The number of hydrogen-bond donors (Lipinski definition) is 1. The van der Waals surface area contributed by atoms with Crippen molar-refractivity contribution in [2.45, 2.75) is 6.92 Å². The van der Waals surface area contributed by atoms with E-state index in [1.54, 1.807) is 14.0 Å². The monoisotopic (exact) mass is 278 g/mol. The van der Waals surface area contributed by atoms with Gasteiger partial charge >= 0.3 is 5.97 Å². The van der Waals surface area contributed by atoms with Gasteiger partial charge in [-0.15, -0.1) is 0 Å². The Kier molecular flexibility index (Phi) is 5.33. The first-order valence-electron chi connectivity index (χ1n) is 5.72. The summed E-state index contributed by atoms with van der Waals surface area (Å²) in [6, 6.07) is 2.79. The van der Waals surface area contributed by atoms with Gasteiger partial charge in [-0.3, -0.25) is 15.5 Å². The maximum Gasteiger partial charge on any atom is 0.356 e. The second-order valence-corrected chi connectivity index (χ2v) is 3.69. The molecule has 0 radical (unpaired) electrons. The van der Waals surface area contributed by atoms with E-state index < -0.39 is 10.9 Å². The van der Waals surface area contributed by atoms with E-state index in [1.807, 2.05) is 0 Å². The Labute approximate surface area is 115 Å². The average Bonchev–Trinajstić information content (AvgIpc) is 2.44. The molecule has 20 heavy (non-hydrogen) atoms. The summed E-state index contributed by atoms with van der Waals surface area (Å²) in [5, 5.41) is 17.9. The minimum Gasteiger partial charge on any atom is -0.461 e. The van der Waals surface area contributed by atoms with Crippen molar-refractivity contribution in [2.24, 2.45) is 0 Å². The molecule has 0 aliphatic carbocycles. The van der Waals surface area contributed by atoms with Gasteiger partial charge in [0.1, 0.15) is 17.7 Å². The summed E-state index contributed by atoms with van der Waals surface area (Å²) in [5.74, 6) is -0.266. The third-order valence-corrected chi connectivity index (χ3v) is 2.26. The summed E-state index contributed by atoms with van der Waals surface area (Å²) in [6.45, 7) is 1.86. The number of ether oxygens (including phenoxy) is 1. The number of nitrogens with one attached hydrogen (secondary N) is 1. The molecule has 1 aromatic rings.